The lowest BCUT2D eigenvalue weighted by molar-refractivity contribution is 0.638. The van der Waals surface area contributed by atoms with E-state index in [4.69, 9.17) is 11.5 Å². The molecular weight excluding hydrogens is 264 g/mol. The Morgan fingerprint density at radius 1 is 1.05 bits per heavy atom. The number of hydrogen-bond acceptors (Lipinski definition) is 6. The first kappa shape index (κ1) is 15.2. The molecule has 0 unspecified atom stereocenters. The molecule has 6 nitrogen and oxygen atoms in total. The highest BCUT2D eigenvalue weighted by molar-refractivity contribution is 5.82. The zero-order valence-corrected chi connectivity index (χ0v) is 12.4. The molecule has 0 spiro atoms. The van der Waals surface area contributed by atoms with E-state index in [9.17, 15) is 0 Å². The summed E-state index contributed by atoms with van der Waals surface area (Å²) in [5.74, 6) is 0.379. The molecule has 2 aromatic heterocycles. The maximum Gasteiger partial charge on any atom is 0.224 e. The summed E-state index contributed by atoms with van der Waals surface area (Å²) in [6, 6.07) is 0. The summed E-state index contributed by atoms with van der Waals surface area (Å²) < 4.78 is 0. The fourth-order valence-electron chi connectivity index (χ4n) is 2.11. The standard InChI is InChI=1S/C15H22N6/c1-2-3-4-5-6-7-8-9-11-10-18-14-12(19-11)13(16)20-15(17)21-14/h8-10H,2-7H2,1H3,(H4,16,17,18,20,21)/b9-8-. The second kappa shape index (κ2) is 7.52. The SMILES string of the molecule is CCCCCCC/C=C\c1cnc2nc(N)nc(N)c2n1. The summed E-state index contributed by atoms with van der Waals surface area (Å²) in [4.78, 5) is 16.5. The summed E-state index contributed by atoms with van der Waals surface area (Å²) >= 11 is 0. The highest BCUT2D eigenvalue weighted by Crippen LogP contribution is 2.15. The van der Waals surface area contributed by atoms with E-state index in [1.807, 2.05) is 6.08 Å². The average Bonchev–Trinajstić information content (AvgIpc) is 2.46. The fourth-order valence-corrected chi connectivity index (χ4v) is 2.11. The number of nitrogens with zero attached hydrogens (tertiary/aromatic N) is 4. The van der Waals surface area contributed by atoms with E-state index in [1.54, 1.807) is 6.20 Å². The van der Waals surface area contributed by atoms with Crippen molar-refractivity contribution < 1.29 is 0 Å². The summed E-state index contributed by atoms with van der Waals surface area (Å²) in [5, 5.41) is 0. The second-order valence-electron chi connectivity index (χ2n) is 5.04. The maximum atomic E-state index is 5.79. The molecule has 21 heavy (non-hydrogen) atoms. The van der Waals surface area contributed by atoms with Crippen molar-refractivity contribution in [1.29, 1.82) is 0 Å². The number of aromatic nitrogens is 4. The Morgan fingerprint density at radius 3 is 2.67 bits per heavy atom. The Morgan fingerprint density at radius 2 is 1.86 bits per heavy atom. The van der Waals surface area contributed by atoms with Crippen LogP contribution in [0.15, 0.2) is 12.3 Å². The van der Waals surface area contributed by atoms with Gasteiger partial charge in [-0.15, -0.1) is 0 Å². The van der Waals surface area contributed by atoms with Crippen molar-refractivity contribution in [3.63, 3.8) is 0 Å². The number of nitrogen functional groups attached to an aromatic ring is 2. The molecule has 2 heterocycles. The number of rotatable bonds is 7. The lowest BCUT2D eigenvalue weighted by Crippen LogP contribution is -2.03. The molecule has 0 saturated heterocycles. The molecule has 0 radical (unpaired) electrons. The van der Waals surface area contributed by atoms with E-state index in [-0.39, 0.29) is 11.8 Å². The zero-order valence-electron chi connectivity index (χ0n) is 12.4. The van der Waals surface area contributed by atoms with Gasteiger partial charge in [0.2, 0.25) is 5.95 Å². The number of fused-ring (bicyclic) bond motifs is 1. The topological polar surface area (TPSA) is 104 Å². The van der Waals surface area contributed by atoms with Gasteiger partial charge in [-0.05, 0) is 18.9 Å². The van der Waals surface area contributed by atoms with Crippen LogP contribution in [0.5, 0.6) is 0 Å². The van der Waals surface area contributed by atoms with Gasteiger partial charge in [-0.2, -0.15) is 9.97 Å². The van der Waals surface area contributed by atoms with Crippen molar-refractivity contribution >= 4 is 29.0 Å². The highest BCUT2D eigenvalue weighted by Gasteiger charge is 2.06. The molecule has 0 bridgehead atoms. The Balaban J connectivity index is 1.96. The van der Waals surface area contributed by atoms with Gasteiger partial charge in [-0.25, -0.2) is 9.97 Å². The van der Waals surface area contributed by atoms with Crippen LogP contribution in [0.4, 0.5) is 11.8 Å². The summed E-state index contributed by atoms with van der Waals surface area (Å²) in [6.07, 6.45) is 13.2. The Kier molecular flexibility index (Phi) is 5.43. The van der Waals surface area contributed by atoms with Crippen LogP contribution in [0.3, 0.4) is 0 Å². The van der Waals surface area contributed by atoms with Crippen LogP contribution in [0, 0.1) is 0 Å². The minimum Gasteiger partial charge on any atom is -0.382 e. The van der Waals surface area contributed by atoms with Crippen molar-refractivity contribution in [3.8, 4) is 0 Å². The molecule has 0 saturated carbocycles. The Hall–Kier alpha value is -2.24. The van der Waals surface area contributed by atoms with Gasteiger partial charge in [0.1, 0.15) is 0 Å². The van der Waals surface area contributed by atoms with E-state index in [0.717, 1.165) is 12.1 Å². The third-order valence-electron chi connectivity index (χ3n) is 3.23. The van der Waals surface area contributed by atoms with Gasteiger partial charge >= 0.3 is 0 Å². The minimum atomic E-state index is 0.115. The summed E-state index contributed by atoms with van der Waals surface area (Å²) in [7, 11) is 0. The van der Waals surface area contributed by atoms with Gasteiger partial charge in [-0.1, -0.05) is 38.7 Å². The van der Waals surface area contributed by atoms with Gasteiger partial charge in [0.25, 0.3) is 0 Å². The summed E-state index contributed by atoms with van der Waals surface area (Å²) in [6.45, 7) is 2.22. The number of unbranched alkanes of at least 4 members (excludes halogenated alkanes) is 5. The lowest BCUT2D eigenvalue weighted by atomic mass is 10.1. The smallest absolute Gasteiger partial charge is 0.224 e. The van der Waals surface area contributed by atoms with Crippen molar-refractivity contribution in [3.05, 3.63) is 18.0 Å². The van der Waals surface area contributed by atoms with Gasteiger partial charge in [0.05, 0.1) is 11.9 Å². The van der Waals surface area contributed by atoms with Crippen molar-refractivity contribution in [1.82, 2.24) is 19.9 Å². The van der Waals surface area contributed by atoms with Crippen LogP contribution in [0.1, 0.15) is 51.1 Å². The van der Waals surface area contributed by atoms with E-state index in [1.165, 1.54) is 32.1 Å². The predicted molar refractivity (Wildman–Crippen MR) is 86.4 cm³/mol. The van der Waals surface area contributed by atoms with E-state index in [2.05, 4.69) is 32.9 Å². The monoisotopic (exact) mass is 286 g/mol. The number of anilines is 2. The van der Waals surface area contributed by atoms with Crippen molar-refractivity contribution in [2.75, 3.05) is 11.5 Å². The van der Waals surface area contributed by atoms with Crippen molar-refractivity contribution in [2.45, 2.75) is 45.4 Å². The van der Waals surface area contributed by atoms with Crippen LogP contribution < -0.4 is 11.5 Å². The normalized spacial score (nSPS) is 11.5. The molecule has 0 aliphatic rings. The van der Waals surface area contributed by atoms with E-state index < -0.39 is 0 Å². The molecule has 2 aromatic rings. The first-order valence-corrected chi connectivity index (χ1v) is 7.43. The molecule has 0 aromatic carbocycles. The quantitative estimate of drug-likeness (QED) is 0.758. The first-order chi connectivity index (χ1) is 10.2. The predicted octanol–water partition coefficient (Wildman–Crippen LogP) is 2.96. The molecule has 0 aliphatic heterocycles. The van der Waals surface area contributed by atoms with Gasteiger partial charge in [0.15, 0.2) is 17.0 Å². The Bertz CT molecular complexity index is 623. The van der Waals surface area contributed by atoms with Gasteiger partial charge < -0.3 is 11.5 Å². The van der Waals surface area contributed by atoms with Crippen LogP contribution in [-0.4, -0.2) is 19.9 Å². The number of nitrogens with two attached hydrogens (primary N) is 2. The largest absolute Gasteiger partial charge is 0.382 e. The first-order valence-electron chi connectivity index (χ1n) is 7.43. The highest BCUT2D eigenvalue weighted by atomic mass is 15.1. The van der Waals surface area contributed by atoms with Gasteiger partial charge in [0, 0.05) is 0 Å². The molecule has 0 aliphatic carbocycles. The Labute approximate surface area is 124 Å². The fraction of sp³-hybridized carbons (Fsp3) is 0.467. The van der Waals surface area contributed by atoms with Crippen molar-refractivity contribution in [2.24, 2.45) is 0 Å². The minimum absolute atomic E-state index is 0.115. The number of allylic oxidation sites excluding steroid dienone is 1. The van der Waals surface area contributed by atoms with E-state index >= 15 is 0 Å². The van der Waals surface area contributed by atoms with Crippen LogP contribution in [0.25, 0.3) is 17.2 Å². The maximum absolute atomic E-state index is 5.79. The number of hydrogen-bond donors (Lipinski definition) is 2. The van der Waals surface area contributed by atoms with Crippen LogP contribution in [-0.2, 0) is 0 Å². The molecule has 6 heteroatoms. The van der Waals surface area contributed by atoms with E-state index in [0.29, 0.717) is 11.2 Å². The third kappa shape index (κ3) is 4.37. The molecule has 2 rings (SSSR count). The second-order valence-corrected chi connectivity index (χ2v) is 5.04. The van der Waals surface area contributed by atoms with Crippen LogP contribution in [0.2, 0.25) is 0 Å². The van der Waals surface area contributed by atoms with Gasteiger partial charge in [-0.3, -0.25) is 0 Å². The molecule has 4 N–H and O–H groups in total. The molecule has 0 atom stereocenters. The molecule has 0 fully saturated rings. The molecule has 0 amide bonds. The molecular formula is C15H22N6. The zero-order chi connectivity index (χ0) is 15.1. The average molecular weight is 286 g/mol. The molecule has 112 valence electrons. The summed E-state index contributed by atoms with van der Waals surface area (Å²) in [5.41, 5.74) is 13.0. The third-order valence-corrected chi connectivity index (χ3v) is 3.23. The lowest BCUT2D eigenvalue weighted by Gasteiger charge is -2.01. The van der Waals surface area contributed by atoms with Crippen LogP contribution >= 0.6 is 0 Å².